The second kappa shape index (κ2) is 5.06. The van der Waals surface area contributed by atoms with E-state index in [1.54, 1.807) is 6.92 Å². The molecule has 0 aromatic heterocycles. The Kier molecular flexibility index (Phi) is 6.85. The molecular weight excluding hydrogens is 126 g/mol. The molecule has 0 aliphatic rings. The molecule has 0 unspecified atom stereocenters. The van der Waals surface area contributed by atoms with Crippen LogP contribution >= 0.6 is 12.4 Å². The third-order valence-corrected chi connectivity index (χ3v) is 0.609. The van der Waals surface area contributed by atoms with Gasteiger partial charge in [-0.05, 0) is 13.8 Å². The van der Waals surface area contributed by atoms with Crippen LogP contribution in [0.1, 0.15) is 20.3 Å². The number of nitrogens with two attached hydrogens (primary N) is 1. The molecule has 0 heterocycles. The Morgan fingerprint density at radius 2 is 2.12 bits per heavy atom. The molecule has 0 aliphatic heterocycles. The van der Waals surface area contributed by atoms with E-state index in [1.807, 2.05) is 6.92 Å². The summed E-state index contributed by atoms with van der Waals surface area (Å²) in [7, 11) is 0. The molecule has 1 atom stereocenters. The van der Waals surface area contributed by atoms with E-state index in [-0.39, 0.29) is 24.2 Å². The maximum Gasteiger partial charge on any atom is 0.131 e. The summed E-state index contributed by atoms with van der Waals surface area (Å²) in [5, 5.41) is 0. The van der Waals surface area contributed by atoms with Crippen LogP contribution in [0.5, 0.6) is 0 Å². The number of Topliss-reactive ketones (excluding diaryl/α,β-unsaturated/α-hetero) is 1. The molecule has 0 radical (unpaired) electrons. The van der Waals surface area contributed by atoms with Gasteiger partial charge in [0.05, 0.1) is 0 Å². The van der Waals surface area contributed by atoms with Crippen LogP contribution in [0.4, 0.5) is 0 Å². The molecule has 0 aromatic carbocycles. The molecule has 2 N–H and O–H groups in total. The van der Waals surface area contributed by atoms with Gasteiger partial charge in [-0.1, -0.05) is 0 Å². The maximum absolute atomic E-state index is 10.2. The average Bonchev–Trinajstić information content (AvgIpc) is 1.27. The molecule has 0 aromatic rings. The number of carbonyl (C=O) groups excluding carboxylic acids is 1. The summed E-state index contributed by atoms with van der Waals surface area (Å²) in [6.07, 6.45) is 0.500. The van der Waals surface area contributed by atoms with E-state index in [0.29, 0.717) is 6.42 Å². The number of rotatable bonds is 2. The zero-order chi connectivity index (χ0) is 5.86. The normalized spacial score (nSPS) is 11.9. The minimum Gasteiger partial charge on any atom is -0.328 e. The van der Waals surface area contributed by atoms with E-state index in [1.165, 1.54) is 0 Å². The second-order valence-corrected chi connectivity index (χ2v) is 1.88. The fourth-order valence-electron chi connectivity index (χ4n) is 0.453. The molecule has 0 rings (SSSR count). The first-order valence-corrected chi connectivity index (χ1v) is 2.38. The van der Waals surface area contributed by atoms with Crippen molar-refractivity contribution in [3.05, 3.63) is 0 Å². The first-order chi connectivity index (χ1) is 3.13. The lowest BCUT2D eigenvalue weighted by Gasteiger charge is -1.96. The van der Waals surface area contributed by atoms with Gasteiger partial charge in [-0.3, -0.25) is 4.79 Å². The van der Waals surface area contributed by atoms with E-state index in [2.05, 4.69) is 0 Å². The van der Waals surface area contributed by atoms with Gasteiger partial charge in [0, 0.05) is 12.5 Å². The fourth-order valence-corrected chi connectivity index (χ4v) is 0.453. The molecule has 0 fully saturated rings. The summed E-state index contributed by atoms with van der Waals surface area (Å²) in [6, 6.07) is 0.0255. The highest BCUT2D eigenvalue weighted by molar-refractivity contribution is 5.85. The summed E-state index contributed by atoms with van der Waals surface area (Å²) in [4.78, 5) is 10.2. The van der Waals surface area contributed by atoms with Crippen LogP contribution in [0.25, 0.3) is 0 Å². The summed E-state index contributed by atoms with van der Waals surface area (Å²) in [5.41, 5.74) is 5.27. The zero-order valence-electron chi connectivity index (χ0n) is 5.18. The van der Waals surface area contributed by atoms with E-state index < -0.39 is 0 Å². The highest BCUT2D eigenvalue weighted by atomic mass is 35.5. The van der Waals surface area contributed by atoms with Crippen molar-refractivity contribution < 1.29 is 4.79 Å². The SMILES string of the molecule is CC(=O)C[C@H](C)N.Cl. The van der Waals surface area contributed by atoms with Crippen molar-refractivity contribution in [2.75, 3.05) is 0 Å². The van der Waals surface area contributed by atoms with Crippen molar-refractivity contribution >= 4 is 18.2 Å². The van der Waals surface area contributed by atoms with Gasteiger partial charge >= 0.3 is 0 Å². The second-order valence-electron chi connectivity index (χ2n) is 1.88. The van der Waals surface area contributed by atoms with Crippen LogP contribution in [0.2, 0.25) is 0 Å². The topological polar surface area (TPSA) is 43.1 Å². The van der Waals surface area contributed by atoms with Crippen molar-refractivity contribution in [2.45, 2.75) is 26.3 Å². The van der Waals surface area contributed by atoms with E-state index in [9.17, 15) is 4.79 Å². The molecule has 0 saturated heterocycles. The Labute approximate surface area is 55.9 Å². The molecule has 0 spiro atoms. The Morgan fingerprint density at radius 3 is 2.12 bits per heavy atom. The molecule has 0 amide bonds. The smallest absolute Gasteiger partial charge is 0.131 e. The maximum atomic E-state index is 10.2. The molecule has 2 nitrogen and oxygen atoms in total. The van der Waals surface area contributed by atoms with Crippen molar-refractivity contribution in [1.29, 1.82) is 0 Å². The first-order valence-electron chi connectivity index (χ1n) is 2.38. The summed E-state index contributed by atoms with van der Waals surface area (Å²) >= 11 is 0. The number of ketones is 1. The van der Waals surface area contributed by atoms with Gasteiger partial charge in [0.25, 0.3) is 0 Å². The van der Waals surface area contributed by atoms with Crippen LogP contribution < -0.4 is 5.73 Å². The van der Waals surface area contributed by atoms with Gasteiger partial charge < -0.3 is 5.73 Å². The minimum absolute atomic E-state index is 0. The third-order valence-electron chi connectivity index (χ3n) is 0.609. The predicted octanol–water partition coefficient (Wildman–Crippen LogP) is 0.734. The predicted molar refractivity (Wildman–Crippen MR) is 36.2 cm³/mol. The van der Waals surface area contributed by atoms with Crippen LogP contribution in [-0.2, 0) is 4.79 Å². The molecule has 0 bridgehead atoms. The molecular formula is C5H12ClNO. The number of halogens is 1. The Morgan fingerprint density at radius 1 is 1.75 bits per heavy atom. The fraction of sp³-hybridized carbons (Fsp3) is 0.800. The van der Waals surface area contributed by atoms with Crippen LogP contribution in [0, 0.1) is 0 Å². The summed E-state index contributed by atoms with van der Waals surface area (Å²) < 4.78 is 0. The molecule has 0 saturated carbocycles. The lowest BCUT2D eigenvalue weighted by Crippen LogP contribution is -2.17. The van der Waals surface area contributed by atoms with Crippen LogP contribution in [0.3, 0.4) is 0 Å². The number of carbonyl (C=O) groups is 1. The number of hydrogen-bond acceptors (Lipinski definition) is 2. The van der Waals surface area contributed by atoms with Crippen molar-refractivity contribution in [3.8, 4) is 0 Å². The van der Waals surface area contributed by atoms with Gasteiger partial charge in [-0.25, -0.2) is 0 Å². The first kappa shape index (κ1) is 10.8. The van der Waals surface area contributed by atoms with Gasteiger partial charge in [0.1, 0.15) is 5.78 Å². The van der Waals surface area contributed by atoms with E-state index in [0.717, 1.165) is 0 Å². The van der Waals surface area contributed by atoms with Gasteiger partial charge in [0.2, 0.25) is 0 Å². The van der Waals surface area contributed by atoms with E-state index in [4.69, 9.17) is 5.73 Å². The van der Waals surface area contributed by atoms with Gasteiger partial charge in [-0.15, -0.1) is 12.4 Å². The average molecular weight is 138 g/mol. The van der Waals surface area contributed by atoms with Crippen molar-refractivity contribution in [2.24, 2.45) is 5.73 Å². The largest absolute Gasteiger partial charge is 0.328 e. The third kappa shape index (κ3) is 9.33. The Bertz CT molecular complexity index is 72.8. The molecule has 3 heteroatoms. The monoisotopic (exact) mass is 137 g/mol. The highest BCUT2D eigenvalue weighted by Crippen LogP contribution is 1.84. The van der Waals surface area contributed by atoms with Crippen molar-refractivity contribution in [3.63, 3.8) is 0 Å². The minimum atomic E-state index is 0. The highest BCUT2D eigenvalue weighted by Gasteiger charge is 1.95. The Balaban J connectivity index is 0. The molecule has 8 heavy (non-hydrogen) atoms. The van der Waals surface area contributed by atoms with Crippen LogP contribution in [0.15, 0.2) is 0 Å². The van der Waals surface area contributed by atoms with Gasteiger partial charge in [0.15, 0.2) is 0 Å². The standard InChI is InChI=1S/C5H11NO.ClH/c1-4(6)3-5(2)7;/h4H,3,6H2,1-2H3;1H/t4-;/m0./s1. The van der Waals surface area contributed by atoms with Gasteiger partial charge in [-0.2, -0.15) is 0 Å². The molecule has 50 valence electrons. The summed E-state index contributed by atoms with van der Waals surface area (Å²) in [6.45, 7) is 3.37. The molecule has 0 aliphatic carbocycles. The Hall–Kier alpha value is -0.0800. The lowest BCUT2D eigenvalue weighted by atomic mass is 10.2. The number of hydrogen-bond donors (Lipinski definition) is 1. The quantitative estimate of drug-likeness (QED) is 0.610. The van der Waals surface area contributed by atoms with Crippen molar-refractivity contribution in [1.82, 2.24) is 0 Å². The lowest BCUT2D eigenvalue weighted by molar-refractivity contribution is -0.117. The van der Waals surface area contributed by atoms with Crippen LogP contribution in [-0.4, -0.2) is 11.8 Å². The summed E-state index contributed by atoms with van der Waals surface area (Å²) in [5.74, 6) is 0.162. The van der Waals surface area contributed by atoms with E-state index >= 15 is 0 Å². The zero-order valence-corrected chi connectivity index (χ0v) is 5.99.